The van der Waals surface area contributed by atoms with Crippen LogP contribution < -0.4 is 4.90 Å². The van der Waals surface area contributed by atoms with Gasteiger partial charge in [0.25, 0.3) is 5.91 Å². The van der Waals surface area contributed by atoms with Crippen molar-refractivity contribution in [1.29, 1.82) is 0 Å². The van der Waals surface area contributed by atoms with E-state index in [1.807, 2.05) is 40.1 Å². The quantitative estimate of drug-likeness (QED) is 0.728. The third-order valence-electron chi connectivity index (χ3n) is 5.94. The summed E-state index contributed by atoms with van der Waals surface area (Å²) in [5, 5.41) is 0.480. The Morgan fingerprint density at radius 3 is 2.32 bits per heavy atom. The zero-order valence-electron chi connectivity index (χ0n) is 17.6. The van der Waals surface area contributed by atoms with Gasteiger partial charge in [-0.2, -0.15) is 0 Å². The van der Waals surface area contributed by atoms with E-state index in [0.717, 1.165) is 31.9 Å². The number of benzene rings is 1. The average molecular weight is 442 g/mol. The van der Waals surface area contributed by atoms with Crippen LogP contribution in [0.4, 0.5) is 5.82 Å². The molecule has 0 unspecified atom stereocenters. The Morgan fingerprint density at radius 2 is 1.58 bits per heavy atom. The molecule has 2 aliphatic rings. The van der Waals surface area contributed by atoms with Crippen LogP contribution in [0.2, 0.25) is 5.02 Å². The predicted molar refractivity (Wildman–Crippen MR) is 121 cm³/mol. The number of carbonyl (C=O) groups excluding carboxylic acids is 2. The molecular weight excluding hydrogens is 414 g/mol. The van der Waals surface area contributed by atoms with Crippen molar-refractivity contribution in [2.24, 2.45) is 0 Å². The number of piperazine rings is 1. The molecule has 0 N–H and O–H groups in total. The Labute approximate surface area is 188 Å². The van der Waals surface area contributed by atoms with E-state index in [0.29, 0.717) is 49.9 Å². The molecule has 0 saturated carbocycles. The van der Waals surface area contributed by atoms with Crippen molar-refractivity contribution in [2.45, 2.75) is 6.42 Å². The zero-order valence-corrected chi connectivity index (χ0v) is 18.4. The number of hydrogen-bond donors (Lipinski definition) is 0. The monoisotopic (exact) mass is 441 g/mol. The highest BCUT2D eigenvalue weighted by Crippen LogP contribution is 2.18. The summed E-state index contributed by atoms with van der Waals surface area (Å²) in [4.78, 5) is 38.3. The molecule has 2 aliphatic heterocycles. The SMILES string of the molecule is O=C(CN1CCCN(C(=O)c2ccccc2Cl)CC1)N1CCN(c2ccccn2)CC1. The molecule has 0 bridgehead atoms. The Bertz CT molecular complexity index is 902. The Balaban J connectivity index is 1.26. The number of carbonyl (C=O) groups is 2. The van der Waals surface area contributed by atoms with Crippen molar-refractivity contribution < 1.29 is 9.59 Å². The molecule has 0 aliphatic carbocycles. The number of halogens is 1. The number of pyridine rings is 1. The average Bonchev–Trinajstić information content (AvgIpc) is 3.05. The van der Waals surface area contributed by atoms with Gasteiger partial charge >= 0.3 is 0 Å². The minimum absolute atomic E-state index is 0.0376. The summed E-state index contributed by atoms with van der Waals surface area (Å²) in [5.41, 5.74) is 0.541. The first-order valence-electron chi connectivity index (χ1n) is 10.8. The lowest BCUT2D eigenvalue weighted by atomic mass is 10.2. The lowest BCUT2D eigenvalue weighted by Gasteiger charge is -2.36. The first kappa shape index (κ1) is 21.6. The maximum atomic E-state index is 12.9. The van der Waals surface area contributed by atoms with Crippen LogP contribution in [0.1, 0.15) is 16.8 Å². The Kier molecular flexibility index (Phi) is 7.04. The first-order chi connectivity index (χ1) is 15.1. The molecule has 1 aromatic heterocycles. The highest BCUT2D eigenvalue weighted by Gasteiger charge is 2.26. The van der Waals surface area contributed by atoms with Gasteiger partial charge in [0, 0.05) is 58.6 Å². The van der Waals surface area contributed by atoms with Crippen LogP contribution in [0, 0.1) is 0 Å². The molecule has 0 radical (unpaired) electrons. The standard InChI is InChI=1S/C23H28ClN5O2/c24-20-7-2-1-6-19(20)23(31)29-11-5-10-26(12-13-29)18-22(30)28-16-14-27(15-17-28)21-8-3-4-9-25-21/h1-4,6-9H,5,10-18H2. The number of aromatic nitrogens is 1. The lowest BCUT2D eigenvalue weighted by molar-refractivity contribution is -0.132. The molecular formula is C23H28ClN5O2. The van der Waals surface area contributed by atoms with Crippen LogP contribution in [-0.4, -0.2) is 90.4 Å². The summed E-state index contributed by atoms with van der Waals surface area (Å²) in [6.07, 6.45) is 2.64. The van der Waals surface area contributed by atoms with Crippen molar-refractivity contribution in [2.75, 3.05) is 63.8 Å². The van der Waals surface area contributed by atoms with Crippen molar-refractivity contribution in [1.82, 2.24) is 19.7 Å². The fourth-order valence-corrected chi connectivity index (χ4v) is 4.37. The number of rotatable bonds is 4. The van der Waals surface area contributed by atoms with Crippen LogP contribution >= 0.6 is 11.6 Å². The fourth-order valence-electron chi connectivity index (χ4n) is 4.15. The summed E-state index contributed by atoms with van der Waals surface area (Å²) < 4.78 is 0. The molecule has 3 heterocycles. The fraction of sp³-hybridized carbons (Fsp3) is 0.435. The van der Waals surface area contributed by atoms with Crippen LogP contribution in [0.3, 0.4) is 0 Å². The van der Waals surface area contributed by atoms with E-state index in [4.69, 9.17) is 11.6 Å². The van der Waals surface area contributed by atoms with Crippen molar-refractivity contribution in [3.63, 3.8) is 0 Å². The molecule has 2 fully saturated rings. The van der Waals surface area contributed by atoms with E-state index >= 15 is 0 Å². The molecule has 8 heteroatoms. The summed E-state index contributed by atoms with van der Waals surface area (Å²) in [7, 11) is 0. The predicted octanol–water partition coefficient (Wildman–Crippen LogP) is 2.23. The topological polar surface area (TPSA) is 60.0 Å². The van der Waals surface area contributed by atoms with Gasteiger partial charge in [0.05, 0.1) is 17.1 Å². The second-order valence-electron chi connectivity index (χ2n) is 7.96. The largest absolute Gasteiger partial charge is 0.353 e. The third kappa shape index (κ3) is 5.35. The lowest BCUT2D eigenvalue weighted by Crippen LogP contribution is -2.51. The molecule has 2 amide bonds. The van der Waals surface area contributed by atoms with Gasteiger partial charge in [-0.25, -0.2) is 4.98 Å². The van der Waals surface area contributed by atoms with Gasteiger partial charge < -0.3 is 14.7 Å². The maximum Gasteiger partial charge on any atom is 0.255 e. The summed E-state index contributed by atoms with van der Waals surface area (Å²) >= 11 is 6.20. The van der Waals surface area contributed by atoms with Crippen LogP contribution in [0.5, 0.6) is 0 Å². The van der Waals surface area contributed by atoms with E-state index in [9.17, 15) is 9.59 Å². The number of amides is 2. The normalized spacial score (nSPS) is 18.0. The molecule has 0 atom stereocenters. The summed E-state index contributed by atoms with van der Waals surface area (Å²) in [6.45, 7) is 6.19. The van der Waals surface area contributed by atoms with Gasteiger partial charge in [-0.1, -0.05) is 29.8 Å². The van der Waals surface area contributed by atoms with Crippen LogP contribution in [0.15, 0.2) is 48.7 Å². The summed E-state index contributed by atoms with van der Waals surface area (Å²) in [6, 6.07) is 13.1. The molecule has 1 aromatic carbocycles. The van der Waals surface area contributed by atoms with Gasteiger partial charge in [0.15, 0.2) is 0 Å². The van der Waals surface area contributed by atoms with Gasteiger partial charge in [-0.3, -0.25) is 14.5 Å². The second-order valence-corrected chi connectivity index (χ2v) is 8.36. The van der Waals surface area contributed by atoms with Gasteiger partial charge in [0.1, 0.15) is 5.82 Å². The second kappa shape index (κ2) is 10.1. The van der Waals surface area contributed by atoms with Crippen molar-refractivity contribution in [3.8, 4) is 0 Å². The van der Waals surface area contributed by atoms with Crippen LogP contribution in [-0.2, 0) is 4.79 Å². The van der Waals surface area contributed by atoms with Crippen molar-refractivity contribution in [3.05, 3.63) is 59.2 Å². The minimum Gasteiger partial charge on any atom is -0.353 e. The first-order valence-corrected chi connectivity index (χ1v) is 11.2. The Hall–Kier alpha value is -2.64. The van der Waals surface area contributed by atoms with Gasteiger partial charge in [-0.05, 0) is 30.7 Å². The Morgan fingerprint density at radius 1 is 0.839 bits per heavy atom. The van der Waals surface area contributed by atoms with E-state index in [1.165, 1.54) is 0 Å². The van der Waals surface area contributed by atoms with E-state index < -0.39 is 0 Å². The van der Waals surface area contributed by atoms with E-state index in [1.54, 1.807) is 18.3 Å². The molecule has 0 spiro atoms. The van der Waals surface area contributed by atoms with Crippen LogP contribution in [0.25, 0.3) is 0 Å². The number of anilines is 1. The molecule has 164 valence electrons. The highest BCUT2D eigenvalue weighted by atomic mass is 35.5. The summed E-state index contributed by atoms with van der Waals surface area (Å²) in [5.74, 6) is 1.08. The zero-order chi connectivity index (χ0) is 21.6. The maximum absolute atomic E-state index is 12.9. The van der Waals surface area contributed by atoms with Gasteiger partial charge in [-0.15, -0.1) is 0 Å². The van der Waals surface area contributed by atoms with E-state index in [-0.39, 0.29) is 11.8 Å². The minimum atomic E-state index is -0.0376. The third-order valence-corrected chi connectivity index (χ3v) is 6.27. The number of hydrogen-bond acceptors (Lipinski definition) is 5. The molecule has 2 aromatic rings. The molecule has 4 rings (SSSR count). The van der Waals surface area contributed by atoms with E-state index in [2.05, 4.69) is 14.8 Å². The molecule has 31 heavy (non-hydrogen) atoms. The van der Waals surface area contributed by atoms with Gasteiger partial charge in [0.2, 0.25) is 5.91 Å². The number of nitrogens with zero attached hydrogens (tertiary/aromatic N) is 5. The molecule has 2 saturated heterocycles. The highest BCUT2D eigenvalue weighted by molar-refractivity contribution is 6.33. The molecule has 7 nitrogen and oxygen atoms in total. The smallest absolute Gasteiger partial charge is 0.255 e. The van der Waals surface area contributed by atoms with Crippen molar-refractivity contribution >= 4 is 29.2 Å².